The molecule has 0 aliphatic heterocycles. The Morgan fingerprint density at radius 1 is 0.667 bits per heavy atom. The maximum absolute atomic E-state index is 12.8. The van der Waals surface area contributed by atoms with E-state index < -0.39 is 13.4 Å². The van der Waals surface area contributed by atoms with E-state index in [0.29, 0.717) is 24.1 Å². The van der Waals surface area contributed by atoms with Crippen molar-refractivity contribution in [2.45, 2.75) is 167 Å². The molecule has 252 valence electrons. The first-order valence-electron chi connectivity index (χ1n) is 17.7. The van der Waals surface area contributed by atoms with Crippen molar-refractivity contribution < 1.29 is 27.9 Å². The summed E-state index contributed by atoms with van der Waals surface area (Å²) in [6, 6.07) is 0. The minimum absolute atomic E-state index is 0.00163. The molecule has 7 heteroatoms. The number of allylic oxidation sites excluding steroid dienone is 2. The van der Waals surface area contributed by atoms with Gasteiger partial charge in [0, 0.05) is 20.1 Å². The SMILES string of the molecule is CCCCCCCCCCCCCCCCC/C=C\CCCCCOC[C@H](COP(=O)([O-])C(CCC)[N+](C)(C)C)OC. The van der Waals surface area contributed by atoms with Crippen LogP contribution in [0.5, 0.6) is 0 Å². The highest BCUT2D eigenvalue weighted by Gasteiger charge is 2.35. The van der Waals surface area contributed by atoms with Crippen molar-refractivity contribution in [3.05, 3.63) is 12.2 Å². The van der Waals surface area contributed by atoms with Gasteiger partial charge in [-0.25, -0.2) is 0 Å². The third-order valence-corrected chi connectivity index (χ3v) is 10.4. The molecule has 6 nitrogen and oxygen atoms in total. The standard InChI is InChI=1S/C35H72NO5P/c1-7-9-10-11-12-13-14-15-16-17-18-19-20-21-22-23-24-25-26-27-28-29-31-40-32-34(39-6)33-41-42(37,38)35(30-8-2)36(3,4)5/h24-25,34-35H,7-23,26-33H2,1-6H3/b25-24-/t34-,35?/m1/s1. The molecule has 0 radical (unpaired) electrons. The molecule has 0 aliphatic carbocycles. The number of quaternary nitrogens is 1. The van der Waals surface area contributed by atoms with Crippen molar-refractivity contribution in [3.8, 4) is 0 Å². The normalized spacial score (nSPS) is 15.3. The van der Waals surface area contributed by atoms with Crippen LogP contribution in [0.25, 0.3) is 0 Å². The van der Waals surface area contributed by atoms with E-state index in [-0.39, 0.29) is 12.7 Å². The summed E-state index contributed by atoms with van der Waals surface area (Å²) in [5.74, 6) is -0.556. The van der Waals surface area contributed by atoms with E-state index in [9.17, 15) is 9.46 Å². The number of ether oxygens (including phenoxy) is 2. The minimum Gasteiger partial charge on any atom is -0.774 e. The first-order valence-corrected chi connectivity index (χ1v) is 19.3. The molecule has 0 bridgehead atoms. The maximum Gasteiger partial charge on any atom is 0.193 e. The second-order valence-corrected chi connectivity index (χ2v) is 15.1. The molecule has 42 heavy (non-hydrogen) atoms. The van der Waals surface area contributed by atoms with E-state index in [1.165, 1.54) is 109 Å². The zero-order valence-electron chi connectivity index (χ0n) is 28.9. The van der Waals surface area contributed by atoms with Crippen LogP contribution >= 0.6 is 7.60 Å². The average Bonchev–Trinajstić information content (AvgIpc) is 2.94. The van der Waals surface area contributed by atoms with E-state index in [4.69, 9.17) is 14.0 Å². The number of nitrogens with zero attached hydrogens (tertiary/aromatic N) is 1. The van der Waals surface area contributed by atoms with Crippen LogP contribution in [0.4, 0.5) is 0 Å². The summed E-state index contributed by atoms with van der Waals surface area (Å²) in [6.07, 6.45) is 32.6. The number of hydrogen-bond donors (Lipinski definition) is 0. The monoisotopic (exact) mass is 618 g/mol. The lowest BCUT2D eigenvalue weighted by atomic mass is 10.0. The second kappa shape index (κ2) is 28.3. The predicted molar refractivity (Wildman–Crippen MR) is 179 cm³/mol. The van der Waals surface area contributed by atoms with Gasteiger partial charge in [-0.05, 0) is 38.5 Å². The number of unbranched alkanes of at least 4 members (excludes halogenated alkanes) is 18. The Morgan fingerprint density at radius 2 is 1.12 bits per heavy atom. The molecular weight excluding hydrogens is 545 g/mol. The molecule has 0 spiro atoms. The van der Waals surface area contributed by atoms with Crippen LogP contribution in [0.15, 0.2) is 12.2 Å². The average molecular weight is 618 g/mol. The smallest absolute Gasteiger partial charge is 0.193 e. The highest BCUT2D eigenvalue weighted by molar-refractivity contribution is 7.51. The second-order valence-electron chi connectivity index (χ2n) is 13.2. The van der Waals surface area contributed by atoms with E-state index in [1.807, 2.05) is 28.1 Å². The molecule has 2 unspecified atom stereocenters. The zero-order chi connectivity index (χ0) is 31.4. The lowest BCUT2D eigenvalue weighted by Crippen LogP contribution is -2.47. The molecule has 0 fully saturated rings. The van der Waals surface area contributed by atoms with Crippen LogP contribution in [-0.2, 0) is 18.6 Å². The van der Waals surface area contributed by atoms with E-state index in [2.05, 4.69) is 19.1 Å². The van der Waals surface area contributed by atoms with Gasteiger partial charge in [0.2, 0.25) is 0 Å². The molecule has 0 aliphatic rings. The van der Waals surface area contributed by atoms with Crippen molar-refractivity contribution in [1.29, 1.82) is 0 Å². The Labute approximate surface area is 262 Å². The molecule has 0 aromatic heterocycles. The van der Waals surface area contributed by atoms with Crippen molar-refractivity contribution in [3.63, 3.8) is 0 Å². The highest BCUT2D eigenvalue weighted by atomic mass is 31.2. The minimum atomic E-state index is -4.01. The van der Waals surface area contributed by atoms with Gasteiger partial charge in [-0.3, -0.25) is 0 Å². The van der Waals surface area contributed by atoms with Crippen molar-refractivity contribution >= 4 is 7.60 Å². The summed E-state index contributed by atoms with van der Waals surface area (Å²) in [5.41, 5.74) is 0. The Kier molecular flexibility index (Phi) is 28.1. The molecule has 3 atom stereocenters. The number of hydrogen-bond acceptors (Lipinski definition) is 5. The maximum atomic E-state index is 12.8. The van der Waals surface area contributed by atoms with Gasteiger partial charge in [0.25, 0.3) is 0 Å². The summed E-state index contributed by atoms with van der Waals surface area (Å²) in [5, 5.41) is 0. The first kappa shape index (κ1) is 41.8. The topological polar surface area (TPSA) is 67.8 Å². The van der Waals surface area contributed by atoms with Crippen LogP contribution in [-0.4, -0.2) is 64.4 Å². The van der Waals surface area contributed by atoms with Crippen molar-refractivity contribution in [1.82, 2.24) is 0 Å². The molecular formula is C35H72NO5P. The lowest BCUT2D eigenvalue weighted by molar-refractivity contribution is -0.884. The number of rotatable bonds is 32. The molecule has 0 amide bonds. The van der Waals surface area contributed by atoms with Crippen LogP contribution in [0.3, 0.4) is 0 Å². The largest absolute Gasteiger partial charge is 0.774 e. The molecule has 0 saturated heterocycles. The van der Waals surface area contributed by atoms with Gasteiger partial charge in [0.15, 0.2) is 13.4 Å². The summed E-state index contributed by atoms with van der Waals surface area (Å²) >= 11 is 0. The van der Waals surface area contributed by atoms with Gasteiger partial charge in [-0.1, -0.05) is 122 Å². The first-order chi connectivity index (χ1) is 20.2. The third-order valence-electron chi connectivity index (χ3n) is 8.18. The summed E-state index contributed by atoms with van der Waals surface area (Å²) in [7, 11) is 3.23. The van der Waals surface area contributed by atoms with Gasteiger partial charge in [0.05, 0.1) is 34.4 Å². The number of methoxy groups -OCH3 is 1. The highest BCUT2D eigenvalue weighted by Crippen LogP contribution is 2.48. The van der Waals surface area contributed by atoms with Gasteiger partial charge >= 0.3 is 0 Å². The van der Waals surface area contributed by atoms with Crippen LogP contribution < -0.4 is 4.89 Å². The van der Waals surface area contributed by atoms with Crippen LogP contribution in [0.2, 0.25) is 0 Å². The fourth-order valence-corrected chi connectivity index (χ4v) is 7.38. The Bertz CT molecular complexity index is 652. The zero-order valence-corrected chi connectivity index (χ0v) is 29.8. The summed E-state index contributed by atoms with van der Waals surface area (Å²) in [4.78, 5) is 12.8. The molecule has 0 N–H and O–H groups in total. The molecule has 0 saturated carbocycles. The Balaban J connectivity index is 3.60. The fourth-order valence-electron chi connectivity index (χ4n) is 5.41. The fraction of sp³-hybridized carbons (Fsp3) is 0.943. The van der Waals surface area contributed by atoms with Gasteiger partial charge < -0.3 is 27.9 Å². The Morgan fingerprint density at radius 3 is 1.55 bits per heavy atom. The predicted octanol–water partition coefficient (Wildman–Crippen LogP) is 9.80. The molecule has 0 aromatic carbocycles. The van der Waals surface area contributed by atoms with E-state index in [1.54, 1.807) is 7.11 Å². The van der Waals surface area contributed by atoms with Crippen LogP contribution in [0.1, 0.15) is 155 Å². The van der Waals surface area contributed by atoms with Crippen molar-refractivity contribution in [2.24, 2.45) is 0 Å². The summed E-state index contributed by atoms with van der Waals surface area (Å²) in [6.45, 7) is 5.29. The third kappa shape index (κ3) is 25.1. The van der Waals surface area contributed by atoms with Gasteiger partial charge in [-0.15, -0.1) is 0 Å². The van der Waals surface area contributed by atoms with Crippen LogP contribution in [0, 0.1) is 0 Å². The lowest BCUT2D eigenvalue weighted by Gasteiger charge is -2.41. The van der Waals surface area contributed by atoms with Gasteiger partial charge in [-0.2, -0.15) is 0 Å². The molecule has 0 aromatic rings. The van der Waals surface area contributed by atoms with E-state index >= 15 is 0 Å². The van der Waals surface area contributed by atoms with Gasteiger partial charge in [0.1, 0.15) is 6.10 Å². The molecule has 0 heterocycles. The molecule has 0 rings (SSSR count). The van der Waals surface area contributed by atoms with Crippen molar-refractivity contribution in [2.75, 3.05) is 48.1 Å². The van der Waals surface area contributed by atoms with E-state index in [0.717, 1.165) is 25.7 Å². The summed E-state index contributed by atoms with van der Waals surface area (Å²) < 4.78 is 29.6. The quantitative estimate of drug-likeness (QED) is 0.0325. The Hall–Kier alpha value is -0.230.